The Balaban J connectivity index is 1.80. The zero-order chi connectivity index (χ0) is 15.9. The number of hydrogen-bond donors (Lipinski definition) is 0. The van der Waals surface area contributed by atoms with Crippen LogP contribution in [0.1, 0.15) is 19.4 Å². The van der Waals surface area contributed by atoms with Gasteiger partial charge in [0.2, 0.25) is 0 Å². The molecule has 1 heterocycles. The second-order valence-corrected chi connectivity index (χ2v) is 5.50. The van der Waals surface area contributed by atoms with Gasteiger partial charge in [-0.05, 0) is 11.5 Å². The Morgan fingerprint density at radius 2 is 2.14 bits per heavy atom. The van der Waals surface area contributed by atoms with Crippen LogP contribution in [-0.2, 0) is 20.9 Å². The van der Waals surface area contributed by atoms with Crippen LogP contribution in [0.25, 0.3) is 0 Å². The molecule has 1 aromatic carbocycles. The molecule has 0 unspecified atom stereocenters. The standard InChI is InChI=1S/C17H21NO4/c1-13(2)15-12-22-17(20)18(15)16(19)9-6-10-21-11-14-7-4-3-5-8-14/h3-9,13,15H,10-12H2,1-2H3/b9-6+/t15-/m1/s1. The monoisotopic (exact) mass is 303 g/mol. The maximum Gasteiger partial charge on any atom is 0.417 e. The normalized spacial score (nSPS) is 18.2. The highest BCUT2D eigenvalue weighted by Gasteiger charge is 2.38. The number of carbonyl (C=O) groups is 2. The van der Waals surface area contributed by atoms with Gasteiger partial charge < -0.3 is 9.47 Å². The molecular weight excluding hydrogens is 282 g/mol. The van der Waals surface area contributed by atoms with E-state index in [4.69, 9.17) is 9.47 Å². The average Bonchev–Trinajstić information content (AvgIpc) is 2.90. The zero-order valence-corrected chi connectivity index (χ0v) is 12.9. The van der Waals surface area contributed by atoms with Crippen LogP contribution in [0.2, 0.25) is 0 Å². The first-order valence-electron chi connectivity index (χ1n) is 7.37. The number of hydrogen-bond acceptors (Lipinski definition) is 4. The summed E-state index contributed by atoms with van der Waals surface area (Å²) in [5.41, 5.74) is 1.07. The topological polar surface area (TPSA) is 55.8 Å². The molecule has 2 rings (SSSR count). The fraction of sp³-hybridized carbons (Fsp3) is 0.412. The molecule has 22 heavy (non-hydrogen) atoms. The van der Waals surface area contributed by atoms with E-state index in [1.807, 2.05) is 44.2 Å². The minimum atomic E-state index is -0.571. The van der Waals surface area contributed by atoms with Gasteiger partial charge in [-0.1, -0.05) is 50.3 Å². The Morgan fingerprint density at radius 1 is 1.41 bits per heavy atom. The van der Waals surface area contributed by atoms with Crippen LogP contribution in [-0.4, -0.2) is 36.2 Å². The molecule has 1 atom stereocenters. The van der Waals surface area contributed by atoms with Crippen LogP contribution in [0.15, 0.2) is 42.5 Å². The lowest BCUT2D eigenvalue weighted by Crippen LogP contribution is -2.40. The summed E-state index contributed by atoms with van der Waals surface area (Å²) < 4.78 is 10.4. The predicted molar refractivity (Wildman–Crippen MR) is 82.1 cm³/mol. The van der Waals surface area contributed by atoms with Crippen molar-refractivity contribution < 1.29 is 19.1 Å². The van der Waals surface area contributed by atoms with Gasteiger partial charge >= 0.3 is 6.09 Å². The number of nitrogens with zero attached hydrogens (tertiary/aromatic N) is 1. The first-order valence-corrected chi connectivity index (χ1v) is 7.37. The second kappa shape index (κ2) is 7.75. The van der Waals surface area contributed by atoms with Crippen LogP contribution in [0.3, 0.4) is 0 Å². The molecule has 5 nitrogen and oxygen atoms in total. The minimum Gasteiger partial charge on any atom is -0.447 e. The lowest BCUT2D eigenvalue weighted by molar-refractivity contribution is -0.124. The zero-order valence-electron chi connectivity index (χ0n) is 12.9. The maximum atomic E-state index is 12.1. The molecule has 0 bridgehead atoms. The lowest BCUT2D eigenvalue weighted by Gasteiger charge is -2.20. The Bertz CT molecular complexity index is 539. The molecule has 1 aliphatic heterocycles. The van der Waals surface area contributed by atoms with Gasteiger partial charge in [0, 0.05) is 6.08 Å². The van der Waals surface area contributed by atoms with E-state index in [9.17, 15) is 9.59 Å². The molecule has 0 N–H and O–H groups in total. The van der Waals surface area contributed by atoms with Crippen molar-refractivity contribution in [3.8, 4) is 0 Å². The smallest absolute Gasteiger partial charge is 0.417 e. The molecule has 5 heteroatoms. The summed E-state index contributed by atoms with van der Waals surface area (Å²) in [6.45, 7) is 4.98. The molecule has 0 radical (unpaired) electrons. The van der Waals surface area contributed by atoms with E-state index in [0.29, 0.717) is 13.2 Å². The van der Waals surface area contributed by atoms with Crippen LogP contribution >= 0.6 is 0 Å². The van der Waals surface area contributed by atoms with Crippen LogP contribution in [0, 0.1) is 5.92 Å². The third-order valence-corrected chi connectivity index (χ3v) is 3.50. The van der Waals surface area contributed by atoms with Crippen LogP contribution in [0.5, 0.6) is 0 Å². The quantitative estimate of drug-likeness (QED) is 0.599. The van der Waals surface area contributed by atoms with E-state index in [-0.39, 0.29) is 24.5 Å². The highest BCUT2D eigenvalue weighted by molar-refractivity contribution is 5.99. The summed E-state index contributed by atoms with van der Waals surface area (Å²) in [6.07, 6.45) is 2.42. The van der Waals surface area contributed by atoms with E-state index in [1.165, 1.54) is 11.0 Å². The molecule has 118 valence electrons. The average molecular weight is 303 g/mol. The maximum absolute atomic E-state index is 12.1. The van der Waals surface area contributed by atoms with Crippen molar-refractivity contribution in [3.05, 3.63) is 48.0 Å². The van der Waals surface area contributed by atoms with Gasteiger partial charge in [0.25, 0.3) is 5.91 Å². The molecule has 0 spiro atoms. The Hall–Kier alpha value is -2.14. The minimum absolute atomic E-state index is 0.165. The number of ether oxygens (including phenoxy) is 2. The molecule has 1 fully saturated rings. The Morgan fingerprint density at radius 3 is 2.82 bits per heavy atom. The number of benzene rings is 1. The Labute approximate surface area is 130 Å². The van der Waals surface area contributed by atoms with E-state index in [2.05, 4.69) is 0 Å². The van der Waals surface area contributed by atoms with Gasteiger partial charge in [-0.25, -0.2) is 9.69 Å². The largest absolute Gasteiger partial charge is 0.447 e. The molecular formula is C17H21NO4. The lowest BCUT2D eigenvalue weighted by atomic mass is 10.0. The van der Waals surface area contributed by atoms with Gasteiger partial charge in [0.05, 0.1) is 19.3 Å². The van der Waals surface area contributed by atoms with E-state index < -0.39 is 6.09 Å². The van der Waals surface area contributed by atoms with Crippen molar-refractivity contribution in [2.24, 2.45) is 5.92 Å². The molecule has 1 aliphatic rings. The number of imide groups is 1. The van der Waals surface area contributed by atoms with Crippen LogP contribution < -0.4 is 0 Å². The van der Waals surface area contributed by atoms with E-state index in [1.54, 1.807) is 6.08 Å². The van der Waals surface area contributed by atoms with E-state index in [0.717, 1.165) is 5.56 Å². The fourth-order valence-electron chi connectivity index (χ4n) is 2.23. The highest BCUT2D eigenvalue weighted by atomic mass is 16.6. The number of rotatable bonds is 6. The van der Waals surface area contributed by atoms with Gasteiger partial charge in [-0.3, -0.25) is 4.79 Å². The molecule has 2 amide bonds. The summed E-state index contributed by atoms with van der Waals surface area (Å²) in [4.78, 5) is 24.9. The van der Waals surface area contributed by atoms with Crippen molar-refractivity contribution in [1.82, 2.24) is 4.90 Å². The fourth-order valence-corrected chi connectivity index (χ4v) is 2.23. The molecule has 1 saturated heterocycles. The van der Waals surface area contributed by atoms with Crippen molar-refractivity contribution in [1.29, 1.82) is 0 Å². The van der Waals surface area contributed by atoms with Gasteiger partial charge in [0.15, 0.2) is 0 Å². The number of amides is 2. The second-order valence-electron chi connectivity index (χ2n) is 5.50. The molecule has 1 aromatic rings. The van der Waals surface area contributed by atoms with Crippen molar-refractivity contribution in [2.45, 2.75) is 26.5 Å². The number of cyclic esters (lactones) is 1. The van der Waals surface area contributed by atoms with Gasteiger partial charge in [0.1, 0.15) is 6.61 Å². The Kier molecular flexibility index (Phi) is 5.72. The first kappa shape index (κ1) is 16.2. The summed E-state index contributed by atoms with van der Waals surface area (Å²) in [5.74, 6) is -0.192. The summed E-state index contributed by atoms with van der Waals surface area (Å²) in [5, 5.41) is 0. The molecule has 0 aliphatic carbocycles. The SMILES string of the molecule is CC(C)[C@H]1COC(=O)N1C(=O)/C=C/COCc1ccccc1. The van der Waals surface area contributed by atoms with Crippen LogP contribution in [0.4, 0.5) is 4.79 Å². The molecule has 0 saturated carbocycles. The predicted octanol–water partition coefficient (Wildman–Crippen LogP) is 2.76. The van der Waals surface area contributed by atoms with E-state index >= 15 is 0 Å². The van der Waals surface area contributed by atoms with Crippen molar-refractivity contribution >= 4 is 12.0 Å². The van der Waals surface area contributed by atoms with Gasteiger partial charge in [-0.15, -0.1) is 0 Å². The number of carbonyl (C=O) groups excluding carboxylic acids is 2. The first-order chi connectivity index (χ1) is 10.6. The summed E-state index contributed by atoms with van der Waals surface area (Å²) >= 11 is 0. The van der Waals surface area contributed by atoms with Crippen molar-refractivity contribution in [2.75, 3.05) is 13.2 Å². The summed E-state index contributed by atoms with van der Waals surface area (Å²) in [7, 11) is 0. The highest BCUT2D eigenvalue weighted by Crippen LogP contribution is 2.19. The molecule has 0 aromatic heterocycles. The van der Waals surface area contributed by atoms with Gasteiger partial charge in [-0.2, -0.15) is 0 Å². The third-order valence-electron chi connectivity index (χ3n) is 3.50. The third kappa shape index (κ3) is 4.18. The summed E-state index contributed by atoms with van der Waals surface area (Å²) in [6, 6.07) is 9.59. The van der Waals surface area contributed by atoms with Crippen molar-refractivity contribution in [3.63, 3.8) is 0 Å².